The van der Waals surface area contributed by atoms with Gasteiger partial charge < -0.3 is 10.1 Å². The van der Waals surface area contributed by atoms with E-state index in [1.54, 1.807) is 0 Å². The molecule has 0 unspecified atom stereocenters. The molecule has 2 aromatic carbocycles. The second-order valence-electron chi connectivity index (χ2n) is 5.65. The largest absolute Gasteiger partial charge is 0.411 e. The van der Waals surface area contributed by atoms with Crippen LogP contribution >= 0.6 is 0 Å². The summed E-state index contributed by atoms with van der Waals surface area (Å²) in [6.45, 7) is 6.05. The number of aryl methyl sites for hydroxylation is 2. The topological polar surface area (TPSA) is 35.8 Å². The lowest BCUT2D eigenvalue weighted by atomic mass is 9.98. The fourth-order valence-corrected chi connectivity index (χ4v) is 2.88. The number of para-hydroxylation sites is 1. The Kier molecular flexibility index (Phi) is 3.65. The third-order valence-electron chi connectivity index (χ3n) is 4.24. The molecule has 0 spiro atoms. The minimum absolute atomic E-state index is 0.776. The van der Waals surface area contributed by atoms with E-state index in [1.165, 1.54) is 16.7 Å². The fourth-order valence-electron chi connectivity index (χ4n) is 2.88. The predicted molar refractivity (Wildman–Crippen MR) is 86.3 cm³/mol. The van der Waals surface area contributed by atoms with E-state index in [0.29, 0.717) is 0 Å². The Balaban J connectivity index is 1.91. The molecule has 2 aromatic rings. The van der Waals surface area contributed by atoms with Gasteiger partial charge in [0.1, 0.15) is 0 Å². The third kappa shape index (κ3) is 2.64. The van der Waals surface area contributed by atoms with Crippen LogP contribution in [0.4, 0.5) is 5.69 Å². The molecule has 0 fully saturated rings. The molecule has 0 aromatic heterocycles. The van der Waals surface area contributed by atoms with Crippen LogP contribution in [-0.4, -0.2) is 17.5 Å². The van der Waals surface area contributed by atoms with E-state index < -0.39 is 0 Å². The summed E-state index contributed by atoms with van der Waals surface area (Å²) in [5.41, 5.74) is 6.94. The Hall–Kier alpha value is -2.29. The third-order valence-corrected chi connectivity index (χ3v) is 4.24. The molecule has 0 aliphatic carbocycles. The standard InChI is InChI=1S/C18H20N2O/c1-13-7-8-15(11-14(13)2)12-20-10-9-17(19-21)16-5-3-4-6-18(16)20/h3-8,11,21H,9-10,12H2,1-2H3. The first-order valence-corrected chi connectivity index (χ1v) is 7.30. The molecule has 1 aliphatic heterocycles. The summed E-state index contributed by atoms with van der Waals surface area (Å²) in [5, 5.41) is 12.6. The first-order valence-electron chi connectivity index (χ1n) is 7.30. The van der Waals surface area contributed by atoms with Crippen LogP contribution in [0.1, 0.15) is 28.7 Å². The Morgan fingerprint density at radius 2 is 1.90 bits per heavy atom. The summed E-state index contributed by atoms with van der Waals surface area (Å²) >= 11 is 0. The quantitative estimate of drug-likeness (QED) is 0.669. The second-order valence-corrected chi connectivity index (χ2v) is 5.65. The molecule has 3 rings (SSSR count). The first-order chi connectivity index (χ1) is 10.2. The maximum absolute atomic E-state index is 9.15. The number of rotatable bonds is 2. The summed E-state index contributed by atoms with van der Waals surface area (Å²) < 4.78 is 0. The van der Waals surface area contributed by atoms with Crippen molar-refractivity contribution in [2.24, 2.45) is 5.16 Å². The molecule has 0 amide bonds. The van der Waals surface area contributed by atoms with Gasteiger partial charge in [-0.15, -0.1) is 0 Å². The average Bonchev–Trinajstić information content (AvgIpc) is 2.51. The van der Waals surface area contributed by atoms with Gasteiger partial charge in [-0.1, -0.05) is 41.6 Å². The van der Waals surface area contributed by atoms with Crippen molar-refractivity contribution >= 4 is 11.4 Å². The molecule has 1 heterocycles. The molecule has 0 saturated heterocycles. The van der Waals surface area contributed by atoms with Gasteiger partial charge >= 0.3 is 0 Å². The van der Waals surface area contributed by atoms with Gasteiger partial charge in [-0.3, -0.25) is 0 Å². The number of hydrogen-bond donors (Lipinski definition) is 1. The minimum Gasteiger partial charge on any atom is -0.411 e. The van der Waals surface area contributed by atoms with Gasteiger partial charge in [0.15, 0.2) is 0 Å². The molecule has 0 atom stereocenters. The van der Waals surface area contributed by atoms with Crippen molar-refractivity contribution in [2.75, 3.05) is 11.4 Å². The van der Waals surface area contributed by atoms with Gasteiger partial charge in [0.05, 0.1) is 5.71 Å². The molecule has 1 aliphatic rings. The number of hydrogen-bond acceptors (Lipinski definition) is 3. The Labute approximate surface area is 125 Å². The van der Waals surface area contributed by atoms with Gasteiger partial charge in [0, 0.05) is 30.8 Å². The maximum atomic E-state index is 9.15. The van der Waals surface area contributed by atoms with Crippen molar-refractivity contribution in [3.05, 3.63) is 64.7 Å². The van der Waals surface area contributed by atoms with Crippen LogP contribution in [-0.2, 0) is 6.54 Å². The van der Waals surface area contributed by atoms with Crippen molar-refractivity contribution in [1.82, 2.24) is 0 Å². The van der Waals surface area contributed by atoms with Crippen LogP contribution in [0.15, 0.2) is 47.6 Å². The van der Waals surface area contributed by atoms with E-state index in [9.17, 15) is 0 Å². The molecule has 0 bridgehead atoms. The zero-order valence-corrected chi connectivity index (χ0v) is 12.5. The van der Waals surface area contributed by atoms with Crippen molar-refractivity contribution in [3.8, 4) is 0 Å². The van der Waals surface area contributed by atoms with Gasteiger partial charge in [-0.05, 0) is 36.6 Å². The van der Waals surface area contributed by atoms with Crippen molar-refractivity contribution in [2.45, 2.75) is 26.8 Å². The molecule has 0 radical (unpaired) electrons. The zero-order valence-electron chi connectivity index (χ0n) is 12.5. The molecule has 3 heteroatoms. The van der Waals surface area contributed by atoms with Crippen molar-refractivity contribution in [1.29, 1.82) is 0 Å². The summed E-state index contributed by atoms with van der Waals surface area (Å²) in [6, 6.07) is 14.8. The maximum Gasteiger partial charge on any atom is 0.0906 e. The predicted octanol–water partition coefficient (Wildman–Crippen LogP) is 3.89. The van der Waals surface area contributed by atoms with Crippen molar-refractivity contribution in [3.63, 3.8) is 0 Å². The lowest BCUT2D eigenvalue weighted by Crippen LogP contribution is -2.31. The lowest BCUT2D eigenvalue weighted by Gasteiger charge is -2.31. The number of fused-ring (bicyclic) bond motifs is 1. The number of benzene rings is 2. The van der Waals surface area contributed by atoms with Crippen LogP contribution in [0, 0.1) is 13.8 Å². The van der Waals surface area contributed by atoms with E-state index in [-0.39, 0.29) is 0 Å². The minimum atomic E-state index is 0.776. The second kappa shape index (κ2) is 5.60. The monoisotopic (exact) mass is 280 g/mol. The summed E-state index contributed by atoms with van der Waals surface area (Å²) in [5.74, 6) is 0. The highest BCUT2D eigenvalue weighted by Crippen LogP contribution is 2.28. The molecule has 108 valence electrons. The summed E-state index contributed by atoms with van der Waals surface area (Å²) in [4.78, 5) is 2.36. The SMILES string of the molecule is Cc1ccc(CN2CCC(=NO)c3ccccc32)cc1C. The average molecular weight is 280 g/mol. The molecule has 21 heavy (non-hydrogen) atoms. The molecule has 1 N–H and O–H groups in total. The smallest absolute Gasteiger partial charge is 0.0906 e. The fraction of sp³-hybridized carbons (Fsp3) is 0.278. The Morgan fingerprint density at radius 3 is 2.67 bits per heavy atom. The Bertz CT molecular complexity index is 691. The molecule has 3 nitrogen and oxygen atoms in total. The van der Waals surface area contributed by atoms with Crippen LogP contribution in [0.2, 0.25) is 0 Å². The summed E-state index contributed by atoms with van der Waals surface area (Å²) in [6.07, 6.45) is 0.776. The number of nitrogens with zero attached hydrogens (tertiary/aromatic N) is 2. The van der Waals surface area contributed by atoms with E-state index in [0.717, 1.165) is 36.5 Å². The van der Waals surface area contributed by atoms with Gasteiger partial charge in [-0.25, -0.2) is 0 Å². The normalized spacial score (nSPS) is 16.1. The first kappa shape index (κ1) is 13.7. The lowest BCUT2D eigenvalue weighted by molar-refractivity contribution is 0.317. The van der Waals surface area contributed by atoms with Crippen LogP contribution in [0.25, 0.3) is 0 Å². The van der Waals surface area contributed by atoms with Crippen LogP contribution in [0.5, 0.6) is 0 Å². The zero-order chi connectivity index (χ0) is 14.8. The van der Waals surface area contributed by atoms with Crippen LogP contribution < -0.4 is 4.90 Å². The Morgan fingerprint density at radius 1 is 1.10 bits per heavy atom. The van der Waals surface area contributed by atoms with Gasteiger partial charge in [0.25, 0.3) is 0 Å². The number of oxime groups is 1. The van der Waals surface area contributed by atoms with E-state index in [4.69, 9.17) is 5.21 Å². The molecular formula is C18H20N2O. The van der Waals surface area contributed by atoms with Crippen LogP contribution in [0.3, 0.4) is 0 Å². The van der Waals surface area contributed by atoms with E-state index in [1.807, 2.05) is 18.2 Å². The van der Waals surface area contributed by atoms with Crippen molar-refractivity contribution < 1.29 is 5.21 Å². The van der Waals surface area contributed by atoms with E-state index in [2.05, 4.69) is 48.2 Å². The van der Waals surface area contributed by atoms with Gasteiger partial charge in [0.2, 0.25) is 0 Å². The van der Waals surface area contributed by atoms with E-state index >= 15 is 0 Å². The highest BCUT2D eigenvalue weighted by Gasteiger charge is 2.21. The molecule has 0 saturated carbocycles. The van der Waals surface area contributed by atoms with Gasteiger partial charge in [-0.2, -0.15) is 0 Å². The highest BCUT2D eigenvalue weighted by molar-refractivity contribution is 6.06. The molecular weight excluding hydrogens is 260 g/mol. The number of anilines is 1. The highest BCUT2D eigenvalue weighted by atomic mass is 16.4. The summed E-state index contributed by atoms with van der Waals surface area (Å²) in [7, 11) is 0.